The fourth-order valence-corrected chi connectivity index (χ4v) is 3.78. The topological polar surface area (TPSA) is 42.4 Å². The zero-order chi connectivity index (χ0) is 16.1. The van der Waals surface area contributed by atoms with Crippen LogP contribution in [0.5, 0.6) is 5.75 Å². The van der Waals surface area contributed by atoms with Gasteiger partial charge in [0.15, 0.2) is 0 Å². The van der Waals surface area contributed by atoms with Gasteiger partial charge < -0.3 is 9.64 Å². The maximum atomic E-state index is 12.5. The van der Waals surface area contributed by atoms with Crippen LogP contribution in [0.15, 0.2) is 35.8 Å². The maximum Gasteiger partial charge on any atom is 0.226 e. The highest BCUT2D eigenvalue weighted by Crippen LogP contribution is 2.29. The average Bonchev–Trinajstić information content (AvgIpc) is 3.11. The number of hydrogen-bond donors (Lipinski definition) is 0. The van der Waals surface area contributed by atoms with Crippen LogP contribution >= 0.6 is 11.3 Å². The second kappa shape index (κ2) is 7.59. The molecule has 0 atom stereocenters. The lowest BCUT2D eigenvalue weighted by molar-refractivity contribution is -0.131. The van der Waals surface area contributed by atoms with Crippen molar-refractivity contribution in [3.05, 3.63) is 46.4 Å². The average molecular weight is 330 g/mol. The van der Waals surface area contributed by atoms with Gasteiger partial charge in [0.1, 0.15) is 5.75 Å². The Morgan fingerprint density at radius 1 is 1.30 bits per heavy atom. The molecule has 1 amide bonds. The first-order valence-electron chi connectivity index (χ1n) is 8.15. The van der Waals surface area contributed by atoms with E-state index in [1.165, 1.54) is 5.01 Å². The summed E-state index contributed by atoms with van der Waals surface area (Å²) >= 11 is 1.72. The number of ether oxygens (including phenoxy) is 1. The molecule has 5 heteroatoms. The van der Waals surface area contributed by atoms with Crippen molar-refractivity contribution in [2.45, 2.75) is 32.1 Å². The summed E-state index contributed by atoms with van der Waals surface area (Å²) in [6.45, 7) is 4.29. The zero-order valence-corrected chi connectivity index (χ0v) is 14.2. The van der Waals surface area contributed by atoms with E-state index < -0.39 is 0 Å². The lowest BCUT2D eigenvalue weighted by atomic mass is 9.97. The largest absolute Gasteiger partial charge is 0.494 e. The highest BCUT2D eigenvalue weighted by molar-refractivity contribution is 7.09. The van der Waals surface area contributed by atoms with Crippen LogP contribution < -0.4 is 4.74 Å². The minimum absolute atomic E-state index is 0.215. The molecule has 0 spiro atoms. The summed E-state index contributed by atoms with van der Waals surface area (Å²) < 4.78 is 5.43. The van der Waals surface area contributed by atoms with Crippen molar-refractivity contribution in [3.63, 3.8) is 0 Å². The minimum Gasteiger partial charge on any atom is -0.494 e. The van der Waals surface area contributed by atoms with Gasteiger partial charge in [0.05, 0.1) is 18.0 Å². The normalized spacial score (nSPS) is 15.6. The summed E-state index contributed by atoms with van der Waals surface area (Å²) in [5.74, 6) is 1.59. The third kappa shape index (κ3) is 4.10. The second-order valence-electron chi connectivity index (χ2n) is 5.78. The van der Waals surface area contributed by atoms with Crippen molar-refractivity contribution in [2.24, 2.45) is 0 Å². The molecule has 0 bridgehead atoms. The molecule has 1 aromatic carbocycles. The first-order valence-corrected chi connectivity index (χ1v) is 9.03. The van der Waals surface area contributed by atoms with E-state index in [1.54, 1.807) is 11.3 Å². The molecule has 122 valence electrons. The molecule has 2 heterocycles. The molecule has 2 aromatic rings. The van der Waals surface area contributed by atoms with Crippen LogP contribution in [-0.4, -0.2) is 35.5 Å². The number of nitrogens with zero attached hydrogens (tertiary/aromatic N) is 2. The van der Waals surface area contributed by atoms with Crippen molar-refractivity contribution >= 4 is 17.2 Å². The van der Waals surface area contributed by atoms with Gasteiger partial charge in [-0.05, 0) is 37.5 Å². The van der Waals surface area contributed by atoms with Crippen molar-refractivity contribution in [1.29, 1.82) is 0 Å². The first kappa shape index (κ1) is 16.0. The van der Waals surface area contributed by atoms with Gasteiger partial charge in [0.2, 0.25) is 5.91 Å². The first-order chi connectivity index (χ1) is 11.3. The molecule has 1 aromatic heterocycles. The van der Waals surface area contributed by atoms with E-state index in [1.807, 2.05) is 47.7 Å². The van der Waals surface area contributed by atoms with Crippen LogP contribution in [-0.2, 0) is 11.2 Å². The Morgan fingerprint density at radius 2 is 2.04 bits per heavy atom. The summed E-state index contributed by atoms with van der Waals surface area (Å²) in [4.78, 5) is 18.8. The van der Waals surface area contributed by atoms with Crippen LogP contribution in [0.25, 0.3) is 0 Å². The van der Waals surface area contributed by atoms with Gasteiger partial charge in [0.25, 0.3) is 0 Å². The summed E-state index contributed by atoms with van der Waals surface area (Å²) in [5.41, 5.74) is 1.04. The molecular weight excluding hydrogens is 308 g/mol. The molecule has 1 saturated heterocycles. The standard InChI is InChI=1S/C18H22N2O2S/c1-2-22-16-5-3-14(4-6-16)13-17(21)20-10-7-15(8-11-20)18-19-9-12-23-18/h3-6,9,12,15H,2,7-8,10-11,13H2,1H3. The van der Waals surface area contributed by atoms with Crippen molar-refractivity contribution < 1.29 is 9.53 Å². The molecule has 1 fully saturated rings. The van der Waals surface area contributed by atoms with E-state index in [0.29, 0.717) is 18.9 Å². The van der Waals surface area contributed by atoms with E-state index in [9.17, 15) is 4.79 Å². The number of rotatable bonds is 5. The monoisotopic (exact) mass is 330 g/mol. The lowest BCUT2D eigenvalue weighted by Gasteiger charge is -2.31. The minimum atomic E-state index is 0.215. The molecule has 0 unspecified atom stereocenters. The van der Waals surface area contributed by atoms with E-state index >= 15 is 0 Å². The molecule has 0 radical (unpaired) electrons. The predicted octanol–water partition coefficient (Wildman–Crippen LogP) is 3.49. The Labute approximate surface area is 141 Å². The van der Waals surface area contributed by atoms with Crippen LogP contribution in [0.1, 0.15) is 36.3 Å². The van der Waals surface area contributed by atoms with Gasteiger partial charge in [-0.1, -0.05) is 12.1 Å². The lowest BCUT2D eigenvalue weighted by Crippen LogP contribution is -2.38. The highest BCUT2D eigenvalue weighted by atomic mass is 32.1. The van der Waals surface area contributed by atoms with E-state index in [0.717, 1.165) is 37.2 Å². The number of amides is 1. The fraction of sp³-hybridized carbons (Fsp3) is 0.444. The van der Waals surface area contributed by atoms with Crippen molar-refractivity contribution in [2.75, 3.05) is 19.7 Å². The fourth-order valence-electron chi connectivity index (χ4n) is 2.97. The SMILES string of the molecule is CCOc1ccc(CC(=O)N2CCC(c3nccs3)CC2)cc1. The van der Waals surface area contributed by atoms with Crippen LogP contribution in [0.3, 0.4) is 0 Å². The molecule has 0 aliphatic carbocycles. The van der Waals surface area contributed by atoms with Crippen LogP contribution in [0, 0.1) is 0 Å². The molecular formula is C18H22N2O2S. The van der Waals surface area contributed by atoms with Gasteiger partial charge in [-0.2, -0.15) is 0 Å². The number of benzene rings is 1. The highest BCUT2D eigenvalue weighted by Gasteiger charge is 2.25. The molecule has 1 aliphatic heterocycles. The summed E-state index contributed by atoms with van der Waals surface area (Å²) in [7, 11) is 0. The molecule has 0 N–H and O–H groups in total. The van der Waals surface area contributed by atoms with Gasteiger partial charge in [-0.15, -0.1) is 11.3 Å². The Hall–Kier alpha value is -1.88. The Bertz CT molecular complexity index is 617. The predicted molar refractivity (Wildman–Crippen MR) is 92.0 cm³/mol. The summed E-state index contributed by atoms with van der Waals surface area (Å²) in [6, 6.07) is 7.82. The van der Waals surface area contributed by atoms with Crippen LogP contribution in [0.2, 0.25) is 0 Å². The molecule has 1 aliphatic rings. The maximum absolute atomic E-state index is 12.5. The second-order valence-corrected chi connectivity index (χ2v) is 6.71. The smallest absolute Gasteiger partial charge is 0.226 e. The van der Waals surface area contributed by atoms with Crippen molar-refractivity contribution in [3.8, 4) is 5.75 Å². The summed E-state index contributed by atoms with van der Waals surface area (Å²) in [6.07, 6.45) is 4.36. The molecule has 4 nitrogen and oxygen atoms in total. The third-order valence-electron chi connectivity index (χ3n) is 4.24. The number of likely N-dealkylation sites (tertiary alicyclic amines) is 1. The van der Waals surface area contributed by atoms with E-state index in [-0.39, 0.29) is 5.91 Å². The van der Waals surface area contributed by atoms with E-state index in [2.05, 4.69) is 4.98 Å². The number of thiazole rings is 1. The van der Waals surface area contributed by atoms with Gasteiger partial charge in [-0.3, -0.25) is 4.79 Å². The van der Waals surface area contributed by atoms with Gasteiger partial charge in [-0.25, -0.2) is 4.98 Å². The van der Waals surface area contributed by atoms with Gasteiger partial charge >= 0.3 is 0 Å². The number of piperidine rings is 1. The number of carbonyl (C=O) groups excluding carboxylic acids is 1. The van der Waals surface area contributed by atoms with Crippen LogP contribution in [0.4, 0.5) is 0 Å². The summed E-state index contributed by atoms with van der Waals surface area (Å²) in [5, 5.41) is 3.24. The number of hydrogen-bond acceptors (Lipinski definition) is 4. The Kier molecular flexibility index (Phi) is 5.28. The van der Waals surface area contributed by atoms with E-state index in [4.69, 9.17) is 4.74 Å². The number of carbonyl (C=O) groups is 1. The third-order valence-corrected chi connectivity index (χ3v) is 5.18. The molecule has 23 heavy (non-hydrogen) atoms. The molecule has 0 saturated carbocycles. The van der Waals surface area contributed by atoms with Crippen molar-refractivity contribution in [1.82, 2.24) is 9.88 Å². The number of aromatic nitrogens is 1. The quantitative estimate of drug-likeness (QED) is 0.843. The zero-order valence-electron chi connectivity index (χ0n) is 13.4. The molecule has 3 rings (SSSR count). The van der Waals surface area contributed by atoms with Gasteiger partial charge in [0, 0.05) is 30.6 Å². The Balaban J connectivity index is 1.51. The Morgan fingerprint density at radius 3 is 2.65 bits per heavy atom.